The first kappa shape index (κ1) is 13.6. The van der Waals surface area contributed by atoms with E-state index in [1.54, 1.807) is 11.8 Å². The third-order valence-corrected chi connectivity index (χ3v) is 6.76. The van der Waals surface area contributed by atoms with E-state index in [-0.39, 0.29) is 27.9 Å². The molecule has 108 valence electrons. The monoisotopic (exact) mass is 383 g/mol. The van der Waals surface area contributed by atoms with Gasteiger partial charge in [-0.25, -0.2) is 0 Å². The summed E-state index contributed by atoms with van der Waals surface area (Å²) in [6.07, 6.45) is 0. The van der Waals surface area contributed by atoms with Gasteiger partial charge in [0.25, 0.3) is 0 Å². The molecule has 7 heteroatoms. The van der Waals surface area contributed by atoms with Crippen LogP contribution in [0.3, 0.4) is 0 Å². The molecule has 0 saturated carbocycles. The fourth-order valence-corrected chi connectivity index (χ4v) is 5.69. The Morgan fingerprint density at radius 2 is 2.00 bits per heavy atom. The number of carbonyl (C=O) groups excluding carboxylic acids is 1. The van der Waals surface area contributed by atoms with E-state index in [1.165, 1.54) is 11.3 Å². The number of cyclic esters (lactones) is 1. The number of carbonyl (C=O) groups is 1. The van der Waals surface area contributed by atoms with Crippen molar-refractivity contribution in [1.29, 1.82) is 0 Å². The van der Waals surface area contributed by atoms with Crippen LogP contribution in [-0.4, -0.2) is 22.8 Å². The minimum Gasteiger partial charge on any atom is -0.464 e. The molecule has 3 atom stereocenters. The Morgan fingerprint density at radius 3 is 2.76 bits per heavy atom. The predicted octanol–water partition coefficient (Wildman–Crippen LogP) is 2.98. The van der Waals surface area contributed by atoms with Crippen molar-refractivity contribution in [2.45, 2.75) is 16.2 Å². The molecule has 0 unspecified atom stereocenters. The van der Waals surface area contributed by atoms with Crippen molar-refractivity contribution in [2.75, 3.05) is 6.61 Å². The Morgan fingerprint density at radius 1 is 1.24 bits per heavy atom. The van der Waals surface area contributed by atoms with Gasteiger partial charge in [-0.15, -0.1) is 0 Å². The number of benzene rings is 1. The zero-order valence-corrected chi connectivity index (χ0v) is 13.9. The first-order chi connectivity index (χ1) is 10.1. The van der Waals surface area contributed by atoms with Crippen molar-refractivity contribution >= 4 is 45.0 Å². The Hall–Kier alpha value is -1.05. The highest BCUT2D eigenvalue weighted by atomic mass is 79.9. The van der Waals surface area contributed by atoms with Crippen LogP contribution < -0.4 is 4.87 Å². The zero-order chi connectivity index (χ0) is 14.6. The van der Waals surface area contributed by atoms with Gasteiger partial charge in [0.1, 0.15) is 6.61 Å². The number of thiazole rings is 1. The van der Waals surface area contributed by atoms with E-state index >= 15 is 0 Å². The SMILES string of the molecule is O=C1OC[C@@H]2Sc3[nH]c(=O)sc3[C@@H](c3ccc(Br)cc3)[C@H]12. The number of hydrogen-bond acceptors (Lipinski definition) is 5. The number of H-pyrrole nitrogens is 1. The van der Waals surface area contributed by atoms with E-state index in [1.807, 2.05) is 24.3 Å². The number of halogens is 1. The highest BCUT2D eigenvalue weighted by molar-refractivity contribution is 9.10. The van der Waals surface area contributed by atoms with Crippen molar-refractivity contribution in [3.8, 4) is 0 Å². The predicted molar refractivity (Wildman–Crippen MR) is 85.0 cm³/mol. The summed E-state index contributed by atoms with van der Waals surface area (Å²) < 4.78 is 6.24. The molecule has 1 N–H and O–H groups in total. The van der Waals surface area contributed by atoms with E-state index in [4.69, 9.17) is 4.74 Å². The van der Waals surface area contributed by atoms with Crippen molar-refractivity contribution in [3.05, 3.63) is 48.8 Å². The lowest BCUT2D eigenvalue weighted by Crippen LogP contribution is -2.29. The molecule has 0 spiro atoms. The lowest BCUT2D eigenvalue weighted by atomic mass is 9.83. The largest absolute Gasteiger partial charge is 0.464 e. The Balaban J connectivity index is 1.89. The summed E-state index contributed by atoms with van der Waals surface area (Å²) in [5, 5.41) is 0.960. The van der Waals surface area contributed by atoms with Crippen LogP contribution in [0.15, 0.2) is 38.6 Å². The number of aromatic amines is 1. The van der Waals surface area contributed by atoms with Gasteiger partial charge in [-0.1, -0.05) is 51.2 Å². The molecule has 0 bridgehead atoms. The summed E-state index contributed by atoms with van der Waals surface area (Å²) >= 11 is 6.17. The molecule has 0 aliphatic carbocycles. The molecular formula is C14H10BrNO3S2. The summed E-state index contributed by atoms with van der Waals surface area (Å²) in [6, 6.07) is 7.92. The van der Waals surface area contributed by atoms with Crippen LogP contribution in [0.5, 0.6) is 0 Å². The molecule has 21 heavy (non-hydrogen) atoms. The third-order valence-electron chi connectivity index (χ3n) is 3.84. The standard InChI is InChI=1S/C14H10BrNO3S2/c15-7-3-1-6(2-4-7)9-10-8(5-19-13(10)17)20-12-11(9)21-14(18)16-12/h1-4,8-10H,5H2,(H,16,18)/t8-,9-,10+/m0/s1. The van der Waals surface area contributed by atoms with E-state index in [0.29, 0.717) is 6.61 Å². The Labute approximate surface area is 137 Å². The number of hydrogen-bond donors (Lipinski definition) is 1. The number of esters is 1. The van der Waals surface area contributed by atoms with Gasteiger partial charge in [0.15, 0.2) is 0 Å². The number of rotatable bonds is 1. The fourth-order valence-electron chi connectivity index (χ4n) is 2.94. The second kappa shape index (κ2) is 5.00. The van der Waals surface area contributed by atoms with E-state index in [9.17, 15) is 9.59 Å². The first-order valence-electron chi connectivity index (χ1n) is 6.45. The molecular weight excluding hydrogens is 374 g/mol. The maximum atomic E-state index is 12.1. The molecule has 1 aromatic heterocycles. The molecule has 1 saturated heterocycles. The van der Waals surface area contributed by atoms with Gasteiger partial charge in [0.2, 0.25) is 0 Å². The average molecular weight is 384 g/mol. The topological polar surface area (TPSA) is 59.2 Å². The number of nitrogens with one attached hydrogen (secondary N) is 1. The van der Waals surface area contributed by atoms with Gasteiger partial charge >= 0.3 is 10.8 Å². The molecule has 1 aromatic carbocycles. The third kappa shape index (κ3) is 2.18. The van der Waals surface area contributed by atoms with Crippen molar-refractivity contribution < 1.29 is 9.53 Å². The number of fused-ring (bicyclic) bond motifs is 2. The number of thioether (sulfide) groups is 1. The van der Waals surface area contributed by atoms with Gasteiger partial charge < -0.3 is 9.72 Å². The normalized spacial score (nSPS) is 27.1. The average Bonchev–Trinajstić information content (AvgIpc) is 3.00. The molecule has 1 fully saturated rings. The summed E-state index contributed by atoms with van der Waals surface area (Å²) in [6.45, 7) is 0.415. The summed E-state index contributed by atoms with van der Waals surface area (Å²) in [4.78, 5) is 27.6. The van der Waals surface area contributed by atoms with Crippen LogP contribution in [0, 0.1) is 5.92 Å². The minimum atomic E-state index is -0.213. The Kier molecular flexibility index (Phi) is 3.24. The van der Waals surface area contributed by atoms with Crippen LogP contribution in [0.1, 0.15) is 16.4 Å². The van der Waals surface area contributed by atoms with Gasteiger partial charge in [-0.3, -0.25) is 9.59 Å². The van der Waals surface area contributed by atoms with Gasteiger partial charge in [-0.05, 0) is 17.7 Å². The van der Waals surface area contributed by atoms with Crippen LogP contribution in [0.25, 0.3) is 0 Å². The molecule has 4 nitrogen and oxygen atoms in total. The summed E-state index contributed by atoms with van der Waals surface area (Å²) in [7, 11) is 0. The fraction of sp³-hybridized carbons (Fsp3) is 0.286. The lowest BCUT2D eigenvalue weighted by Gasteiger charge is -2.29. The number of ether oxygens (including phenoxy) is 1. The first-order valence-corrected chi connectivity index (χ1v) is 8.94. The van der Waals surface area contributed by atoms with Crippen LogP contribution >= 0.6 is 39.0 Å². The van der Waals surface area contributed by atoms with Crippen LogP contribution in [-0.2, 0) is 9.53 Å². The molecule has 0 radical (unpaired) electrons. The van der Waals surface area contributed by atoms with E-state index in [0.717, 1.165) is 19.9 Å². The van der Waals surface area contributed by atoms with Crippen molar-refractivity contribution in [2.24, 2.45) is 5.92 Å². The van der Waals surface area contributed by atoms with Crippen molar-refractivity contribution in [3.63, 3.8) is 0 Å². The highest BCUT2D eigenvalue weighted by Crippen LogP contribution is 2.51. The van der Waals surface area contributed by atoms with Gasteiger partial charge in [0.05, 0.1) is 16.2 Å². The summed E-state index contributed by atoms with van der Waals surface area (Å²) in [5.74, 6) is -0.472. The second-order valence-corrected chi connectivity index (χ2v) is 8.23. The van der Waals surface area contributed by atoms with E-state index in [2.05, 4.69) is 20.9 Å². The van der Waals surface area contributed by atoms with Crippen molar-refractivity contribution in [1.82, 2.24) is 4.98 Å². The van der Waals surface area contributed by atoms with Gasteiger partial charge in [0, 0.05) is 15.3 Å². The molecule has 4 rings (SSSR count). The van der Waals surface area contributed by atoms with E-state index < -0.39 is 0 Å². The van der Waals surface area contributed by atoms with Crippen LogP contribution in [0.2, 0.25) is 0 Å². The summed E-state index contributed by atoms with van der Waals surface area (Å²) in [5.41, 5.74) is 1.05. The van der Waals surface area contributed by atoms with Gasteiger partial charge in [-0.2, -0.15) is 0 Å². The molecule has 2 aromatic rings. The second-order valence-electron chi connectivity index (χ2n) is 5.05. The zero-order valence-electron chi connectivity index (χ0n) is 10.7. The quantitative estimate of drug-likeness (QED) is 0.769. The maximum absolute atomic E-state index is 12.1. The number of aromatic nitrogens is 1. The van der Waals surface area contributed by atoms with Crippen LogP contribution in [0.4, 0.5) is 0 Å². The smallest absolute Gasteiger partial charge is 0.311 e. The molecule has 2 aliphatic heterocycles. The molecule has 0 amide bonds. The highest BCUT2D eigenvalue weighted by Gasteiger charge is 2.49. The minimum absolute atomic E-state index is 0.0667. The molecule has 3 heterocycles. The Bertz CT molecular complexity index is 767. The lowest BCUT2D eigenvalue weighted by molar-refractivity contribution is -0.141. The molecule has 2 aliphatic rings. The maximum Gasteiger partial charge on any atom is 0.311 e.